The molecule has 0 spiro atoms. The van der Waals surface area contributed by atoms with Crippen LogP contribution < -0.4 is 10.2 Å². The molecular weight excluding hydrogens is 346 g/mol. The molecule has 7 heteroatoms. The molecule has 26 heavy (non-hydrogen) atoms. The SMILES string of the molecule is CCn1c(SCC(=O)NC[C@@H](c2ccccc2)[NH+](C)C)nnc1C1CC1. The van der Waals surface area contributed by atoms with E-state index in [-0.39, 0.29) is 11.9 Å². The minimum absolute atomic E-state index is 0.0378. The summed E-state index contributed by atoms with van der Waals surface area (Å²) in [5.74, 6) is 2.06. The van der Waals surface area contributed by atoms with Crippen molar-refractivity contribution in [3.63, 3.8) is 0 Å². The lowest BCUT2D eigenvalue weighted by Gasteiger charge is -2.22. The largest absolute Gasteiger partial charge is 0.349 e. The number of carbonyl (C=O) groups excluding carboxylic acids is 1. The van der Waals surface area contributed by atoms with Crippen molar-refractivity contribution in [2.45, 2.75) is 43.4 Å². The van der Waals surface area contributed by atoms with Gasteiger partial charge in [-0.1, -0.05) is 42.1 Å². The van der Waals surface area contributed by atoms with Gasteiger partial charge in [-0.05, 0) is 19.8 Å². The maximum atomic E-state index is 12.3. The van der Waals surface area contributed by atoms with Gasteiger partial charge in [0.25, 0.3) is 0 Å². The van der Waals surface area contributed by atoms with Crippen LogP contribution in [0.4, 0.5) is 0 Å². The molecule has 1 aromatic heterocycles. The first-order chi connectivity index (χ1) is 12.6. The summed E-state index contributed by atoms with van der Waals surface area (Å²) < 4.78 is 2.15. The summed E-state index contributed by atoms with van der Waals surface area (Å²) in [6.07, 6.45) is 2.41. The van der Waals surface area contributed by atoms with E-state index in [1.807, 2.05) is 18.2 Å². The lowest BCUT2D eigenvalue weighted by atomic mass is 10.1. The summed E-state index contributed by atoms with van der Waals surface area (Å²) in [5, 5.41) is 12.5. The van der Waals surface area contributed by atoms with Crippen LogP contribution in [0.2, 0.25) is 0 Å². The number of carbonyl (C=O) groups is 1. The van der Waals surface area contributed by atoms with E-state index in [4.69, 9.17) is 0 Å². The molecule has 1 fully saturated rings. The van der Waals surface area contributed by atoms with Crippen molar-refractivity contribution in [1.29, 1.82) is 0 Å². The summed E-state index contributed by atoms with van der Waals surface area (Å²) in [4.78, 5) is 13.6. The Balaban J connectivity index is 1.52. The topological polar surface area (TPSA) is 64.2 Å². The van der Waals surface area contributed by atoms with Gasteiger partial charge in [0.1, 0.15) is 11.9 Å². The summed E-state index contributed by atoms with van der Waals surface area (Å²) in [5.41, 5.74) is 1.24. The molecule has 0 saturated heterocycles. The van der Waals surface area contributed by atoms with Crippen LogP contribution in [0.5, 0.6) is 0 Å². The highest BCUT2D eigenvalue weighted by Crippen LogP contribution is 2.39. The number of amides is 1. The first-order valence-electron chi connectivity index (χ1n) is 9.27. The summed E-state index contributed by atoms with van der Waals surface area (Å²) in [6.45, 7) is 3.58. The highest BCUT2D eigenvalue weighted by molar-refractivity contribution is 7.99. The normalized spacial score (nSPS) is 15.2. The van der Waals surface area contributed by atoms with Crippen molar-refractivity contribution in [2.75, 3.05) is 26.4 Å². The Hall–Kier alpha value is -1.86. The molecule has 6 nitrogen and oxygen atoms in total. The molecule has 2 N–H and O–H groups in total. The number of likely N-dealkylation sites (N-methyl/N-ethyl adjacent to an activating group) is 1. The Bertz CT molecular complexity index is 727. The van der Waals surface area contributed by atoms with E-state index < -0.39 is 0 Å². The second-order valence-corrected chi connectivity index (χ2v) is 7.94. The van der Waals surface area contributed by atoms with Crippen LogP contribution in [0.1, 0.15) is 43.1 Å². The van der Waals surface area contributed by atoms with Gasteiger partial charge < -0.3 is 14.8 Å². The third-order valence-electron chi connectivity index (χ3n) is 4.74. The Labute approximate surface area is 159 Å². The van der Waals surface area contributed by atoms with Crippen LogP contribution >= 0.6 is 11.8 Å². The van der Waals surface area contributed by atoms with E-state index in [2.05, 4.69) is 53.2 Å². The van der Waals surface area contributed by atoms with Gasteiger partial charge in [0, 0.05) is 18.0 Å². The van der Waals surface area contributed by atoms with Gasteiger partial charge in [-0.2, -0.15) is 0 Å². The molecule has 2 aromatic rings. The minimum atomic E-state index is 0.0378. The molecule has 0 aliphatic heterocycles. The highest BCUT2D eigenvalue weighted by Gasteiger charge is 2.30. The molecular formula is C19H28N5OS+. The smallest absolute Gasteiger partial charge is 0.230 e. The van der Waals surface area contributed by atoms with E-state index in [1.54, 1.807) is 0 Å². The second-order valence-electron chi connectivity index (χ2n) is 6.99. The average molecular weight is 375 g/mol. The Morgan fingerprint density at radius 2 is 2.04 bits per heavy atom. The quantitative estimate of drug-likeness (QED) is 0.649. The monoisotopic (exact) mass is 374 g/mol. The zero-order chi connectivity index (χ0) is 18.5. The van der Waals surface area contributed by atoms with Crippen LogP contribution in [0, 0.1) is 0 Å². The summed E-state index contributed by atoms with van der Waals surface area (Å²) in [6, 6.07) is 10.6. The fourth-order valence-electron chi connectivity index (χ4n) is 3.09. The first-order valence-corrected chi connectivity index (χ1v) is 10.3. The predicted octanol–water partition coefficient (Wildman–Crippen LogP) is 1.27. The standard InChI is InChI=1S/C19H27N5OS/c1-4-24-18(15-10-11-15)21-22-19(24)26-13-17(25)20-12-16(23(2)3)14-8-6-5-7-9-14/h5-9,15-16H,4,10-13H2,1-3H3,(H,20,25)/p+1/t16-/m0/s1. The lowest BCUT2D eigenvalue weighted by molar-refractivity contribution is -0.890. The van der Waals surface area contributed by atoms with Crippen molar-refractivity contribution >= 4 is 17.7 Å². The molecule has 1 saturated carbocycles. The number of hydrogen-bond acceptors (Lipinski definition) is 4. The maximum Gasteiger partial charge on any atom is 0.230 e. The van der Waals surface area contributed by atoms with Gasteiger partial charge in [0.05, 0.1) is 26.4 Å². The van der Waals surface area contributed by atoms with Crippen molar-refractivity contribution in [1.82, 2.24) is 20.1 Å². The molecule has 1 atom stereocenters. The number of thioether (sulfide) groups is 1. The van der Waals surface area contributed by atoms with Crippen molar-refractivity contribution in [3.05, 3.63) is 41.7 Å². The molecule has 1 aromatic carbocycles. The zero-order valence-electron chi connectivity index (χ0n) is 15.7. The van der Waals surface area contributed by atoms with Gasteiger partial charge >= 0.3 is 0 Å². The summed E-state index contributed by atoms with van der Waals surface area (Å²) >= 11 is 1.47. The van der Waals surface area contributed by atoms with E-state index in [0.29, 0.717) is 18.2 Å². The van der Waals surface area contributed by atoms with E-state index in [0.717, 1.165) is 17.5 Å². The number of nitrogens with one attached hydrogen (secondary N) is 2. The van der Waals surface area contributed by atoms with Crippen LogP contribution in [-0.2, 0) is 11.3 Å². The predicted molar refractivity (Wildman–Crippen MR) is 103 cm³/mol. The molecule has 3 rings (SSSR count). The average Bonchev–Trinajstić information content (AvgIpc) is 3.40. The number of benzene rings is 1. The van der Waals surface area contributed by atoms with Gasteiger partial charge in [-0.15, -0.1) is 10.2 Å². The molecule has 0 radical (unpaired) electrons. The van der Waals surface area contributed by atoms with Gasteiger partial charge in [0.15, 0.2) is 5.16 Å². The number of quaternary nitrogens is 1. The molecule has 1 amide bonds. The Morgan fingerprint density at radius 1 is 1.31 bits per heavy atom. The molecule has 140 valence electrons. The number of hydrogen-bond donors (Lipinski definition) is 2. The minimum Gasteiger partial charge on any atom is -0.349 e. The fourth-order valence-corrected chi connectivity index (χ4v) is 3.92. The lowest BCUT2D eigenvalue weighted by Crippen LogP contribution is -3.07. The van der Waals surface area contributed by atoms with Crippen molar-refractivity contribution in [3.8, 4) is 0 Å². The number of rotatable bonds is 9. The number of aromatic nitrogens is 3. The summed E-state index contributed by atoms with van der Waals surface area (Å²) in [7, 11) is 4.23. The van der Waals surface area contributed by atoms with E-state index >= 15 is 0 Å². The van der Waals surface area contributed by atoms with Gasteiger partial charge in [-0.25, -0.2) is 0 Å². The fraction of sp³-hybridized carbons (Fsp3) is 0.526. The van der Waals surface area contributed by atoms with Crippen LogP contribution in [-0.4, -0.2) is 47.1 Å². The van der Waals surface area contributed by atoms with Crippen molar-refractivity contribution in [2.24, 2.45) is 0 Å². The Kier molecular flexibility index (Phi) is 6.32. The van der Waals surface area contributed by atoms with Crippen LogP contribution in [0.15, 0.2) is 35.5 Å². The van der Waals surface area contributed by atoms with E-state index in [1.165, 1.54) is 35.1 Å². The molecule has 1 aliphatic rings. The first kappa shape index (κ1) is 18.9. The van der Waals surface area contributed by atoms with Crippen LogP contribution in [0.3, 0.4) is 0 Å². The molecule has 1 aliphatic carbocycles. The molecule has 0 bridgehead atoms. The second kappa shape index (κ2) is 8.68. The van der Waals surface area contributed by atoms with Crippen LogP contribution in [0.25, 0.3) is 0 Å². The zero-order valence-corrected chi connectivity index (χ0v) is 16.6. The third-order valence-corrected chi connectivity index (χ3v) is 5.71. The molecule has 0 unspecified atom stereocenters. The Morgan fingerprint density at radius 3 is 2.65 bits per heavy atom. The number of nitrogens with zero attached hydrogens (tertiary/aromatic N) is 3. The van der Waals surface area contributed by atoms with Crippen molar-refractivity contribution < 1.29 is 9.69 Å². The van der Waals surface area contributed by atoms with E-state index in [9.17, 15) is 4.79 Å². The maximum absolute atomic E-state index is 12.3. The third kappa shape index (κ3) is 4.65. The highest BCUT2D eigenvalue weighted by atomic mass is 32.2. The van der Waals surface area contributed by atoms with Gasteiger partial charge in [0.2, 0.25) is 5.91 Å². The molecule has 1 heterocycles. The van der Waals surface area contributed by atoms with Gasteiger partial charge in [-0.3, -0.25) is 4.79 Å².